The molecule has 0 saturated carbocycles. The molecule has 0 bridgehead atoms. The second-order valence-electron chi connectivity index (χ2n) is 3.29. The lowest BCUT2D eigenvalue weighted by Crippen LogP contribution is -2.25. The number of nitrogens with zero attached hydrogens (tertiary/aromatic N) is 2. The van der Waals surface area contributed by atoms with Crippen LogP contribution in [0, 0.1) is 12.3 Å². The molecule has 0 saturated heterocycles. The van der Waals surface area contributed by atoms with Crippen molar-refractivity contribution in [3.63, 3.8) is 0 Å². The maximum absolute atomic E-state index is 11.7. The van der Waals surface area contributed by atoms with Crippen molar-refractivity contribution in [3.05, 3.63) is 21.9 Å². The van der Waals surface area contributed by atoms with Crippen LogP contribution in [0.4, 0.5) is 0 Å². The summed E-state index contributed by atoms with van der Waals surface area (Å²) in [6, 6.07) is 1.38. The highest BCUT2D eigenvalue weighted by Crippen LogP contribution is 2.14. The number of carbonyl (C=O) groups is 1. The van der Waals surface area contributed by atoms with E-state index in [9.17, 15) is 4.79 Å². The van der Waals surface area contributed by atoms with Gasteiger partial charge in [-0.05, 0) is 18.9 Å². The van der Waals surface area contributed by atoms with Crippen LogP contribution in [0.1, 0.15) is 29.6 Å². The standard InChI is InChI=1S/C11H11Cl2N3O/c1-2-3-4-5-6-14-11(17)8-7-9(12)15-16-10(8)13/h1,7H,3-6H2,(H,14,17). The Hall–Kier alpha value is -1.31. The molecule has 0 aliphatic carbocycles. The summed E-state index contributed by atoms with van der Waals surface area (Å²) in [7, 11) is 0. The topological polar surface area (TPSA) is 54.9 Å². The fourth-order valence-corrected chi connectivity index (χ4v) is 1.49. The summed E-state index contributed by atoms with van der Waals surface area (Å²) in [5.74, 6) is 2.22. The summed E-state index contributed by atoms with van der Waals surface area (Å²) in [4.78, 5) is 11.7. The van der Waals surface area contributed by atoms with Crippen molar-refractivity contribution < 1.29 is 4.79 Å². The van der Waals surface area contributed by atoms with E-state index in [0.29, 0.717) is 13.0 Å². The molecule has 1 rings (SSSR count). The number of hydrogen-bond acceptors (Lipinski definition) is 3. The van der Waals surface area contributed by atoms with Crippen molar-refractivity contribution in [2.75, 3.05) is 6.54 Å². The fraction of sp³-hybridized carbons (Fsp3) is 0.364. The quantitative estimate of drug-likeness (QED) is 0.661. The van der Waals surface area contributed by atoms with Gasteiger partial charge in [0.05, 0.1) is 5.56 Å². The maximum Gasteiger partial charge on any atom is 0.254 e. The number of halogens is 2. The number of aromatic nitrogens is 2. The van der Waals surface area contributed by atoms with Crippen LogP contribution < -0.4 is 5.32 Å². The molecule has 6 heteroatoms. The van der Waals surface area contributed by atoms with Gasteiger partial charge in [-0.2, -0.15) is 0 Å². The molecule has 1 heterocycles. The van der Waals surface area contributed by atoms with Gasteiger partial charge in [-0.1, -0.05) is 23.2 Å². The summed E-state index contributed by atoms with van der Waals surface area (Å²) >= 11 is 11.4. The molecule has 0 unspecified atom stereocenters. The third-order valence-corrected chi connectivity index (χ3v) is 2.46. The third kappa shape index (κ3) is 4.59. The van der Waals surface area contributed by atoms with E-state index in [1.54, 1.807) is 0 Å². The minimum absolute atomic E-state index is 0.0375. The zero-order chi connectivity index (χ0) is 12.7. The van der Waals surface area contributed by atoms with Gasteiger partial charge in [0.1, 0.15) is 0 Å². The molecule has 0 spiro atoms. The lowest BCUT2D eigenvalue weighted by Gasteiger charge is -2.05. The molecule has 17 heavy (non-hydrogen) atoms. The van der Waals surface area contributed by atoms with E-state index in [0.717, 1.165) is 12.8 Å². The summed E-state index contributed by atoms with van der Waals surface area (Å²) in [6.07, 6.45) is 7.52. The number of nitrogens with one attached hydrogen (secondary N) is 1. The van der Waals surface area contributed by atoms with Gasteiger partial charge in [0, 0.05) is 13.0 Å². The molecule has 1 amide bonds. The lowest BCUT2D eigenvalue weighted by atomic mass is 10.2. The predicted molar refractivity (Wildman–Crippen MR) is 67.1 cm³/mol. The molecule has 0 radical (unpaired) electrons. The van der Waals surface area contributed by atoms with Crippen LogP contribution in [-0.2, 0) is 0 Å². The molecule has 1 N–H and O–H groups in total. The minimum atomic E-state index is -0.312. The first kappa shape index (κ1) is 13.8. The monoisotopic (exact) mass is 271 g/mol. The molecule has 0 aliphatic heterocycles. The van der Waals surface area contributed by atoms with Crippen LogP contribution in [0.2, 0.25) is 10.3 Å². The van der Waals surface area contributed by atoms with Gasteiger partial charge in [-0.25, -0.2) is 0 Å². The van der Waals surface area contributed by atoms with Crippen molar-refractivity contribution in [1.29, 1.82) is 0 Å². The van der Waals surface area contributed by atoms with Gasteiger partial charge in [-0.15, -0.1) is 22.5 Å². The molecule has 0 atom stereocenters. The van der Waals surface area contributed by atoms with Crippen LogP contribution in [-0.4, -0.2) is 22.6 Å². The highest BCUT2D eigenvalue weighted by atomic mass is 35.5. The van der Waals surface area contributed by atoms with Gasteiger partial charge < -0.3 is 5.32 Å². The lowest BCUT2D eigenvalue weighted by molar-refractivity contribution is 0.0952. The zero-order valence-corrected chi connectivity index (χ0v) is 10.6. The number of terminal acetylenes is 1. The average Bonchev–Trinajstić information content (AvgIpc) is 2.32. The molecule has 1 aromatic heterocycles. The molecule has 0 aromatic carbocycles. The van der Waals surface area contributed by atoms with E-state index in [1.165, 1.54) is 6.07 Å². The maximum atomic E-state index is 11.7. The van der Waals surface area contributed by atoms with Crippen molar-refractivity contribution in [2.45, 2.75) is 19.3 Å². The van der Waals surface area contributed by atoms with Crippen LogP contribution in [0.5, 0.6) is 0 Å². The number of amides is 1. The number of rotatable bonds is 5. The minimum Gasteiger partial charge on any atom is -0.352 e. The van der Waals surface area contributed by atoms with Gasteiger partial charge in [0.25, 0.3) is 5.91 Å². The zero-order valence-electron chi connectivity index (χ0n) is 9.04. The van der Waals surface area contributed by atoms with Crippen molar-refractivity contribution >= 4 is 29.1 Å². The Balaban J connectivity index is 2.47. The van der Waals surface area contributed by atoms with Crippen LogP contribution >= 0.6 is 23.2 Å². The Morgan fingerprint density at radius 3 is 2.88 bits per heavy atom. The highest BCUT2D eigenvalue weighted by Gasteiger charge is 2.12. The van der Waals surface area contributed by atoms with E-state index < -0.39 is 0 Å². The largest absolute Gasteiger partial charge is 0.352 e. The fourth-order valence-electron chi connectivity index (χ4n) is 1.16. The summed E-state index contributed by atoms with van der Waals surface area (Å²) in [5, 5.41) is 9.95. The molecule has 4 nitrogen and oxygen atoms in total. The SMILES string of the molecule is C#CCCCCNC(=O)c1cc(Cl)nnc1Cl. The van der Waals surface area contributed by atoms with Gasteiger partial charge in [0.2, 0.25) is 0 Å². The Bertz CT molecular complexity index is 443. The third-order valence-electron chi connectivity index (χ3n) is 2.00. The Labute approximate surface area is 110 Å². The second-order valence-corrected chi connectivity index (χ2v) is 4.03. The van der Waals surface area contributed by atoms with Gasteiger partial charge in [-0.3, -0.25) is 4.79 Å². The number of carbonyl (C=O) groups excluding carboxylic acids is 1. The number of hydrogen-bond donors (Lipinski definition) is 1. The van der Waals surface area contributed by atoms with E-state index in [-0.39, 0.29) is 21.8 Å². The van der Waals surface area contributed by atoms with E-state index in [1.807, 2.05) is 0 Å². The van der Waals surface area contributed by atoms with Crippen molar-refractivity contribution in [2.24, 2.45) is 0 Å². The molecular formula is C11H11Cl2N3O. The number of unbranched alkanes of at least 4 members (excludes halogenated alkanes) is 2. The first-order valence-electron chi connectivity index (χ1n) is 5.05. The average molecular weight is 272 g/mol. The van der Waals surface area contributed by atoms with E-state index in [2.05, 4.69) is 21.4 Å². The van der Waals surface area contributed by atoms with Crippen LogP contribution in [0.3, 0.4) is 0 Å². The predicted octanol–water partition coefficient (Wildman–Crippen LogP) is 2.32. The Kier molecular flexibility index (Phi) is 5.75. The second kappa shape index (κ2) is 7.10. The van der Waals surface area contributed by atoms with Crippen LogP contribution in [0.25, 0.3) is 0 Å². The highest BCUT2D eigenvalue weighted by molar-refractivity contribution is 6.34. The molecular weight excluding hydrogens is 261 g/mol. The Morgan fingerprint density at radius 1 is 1.41 bits per heavy atom. The van der Waals surface area contributed by atoms with Crippen molar-refractivity contribution in [3.8, 4) is 12.3 Å². The molecule has 1 aromatic rings. The van der Waals surface area contributed by atoms with Crippen LogP contribution in [0.15, 0.2) is 6.07 Å². The smallest absolute Gasteiger partial charge is 0.254 e. The molecule has 0 fully saturated rings. The van der Waals surface area contributed by atoms with E-state index in [4.69, 9.17) is 29.6 Å². The summed E-state index contributed by atoms with van der Waals surface area (Å²) in [5.41, 5.74) is 0.226. The molecule has 0 aliphatic rings. The normalized spacial score (nSPS) is 9.71. The summed E-state index contributed by atoms with van der Waals surface area (Å²) in [6.45, 7) is 0.538. The van der Waals surface area contributed by atoms with Gasteiger partial charge in [0.15, 0.2) is 10.3 Å². The van der Waals surface area contributed by atoms with Gasteiger partial charge >= 0.3 is 0 Å². The van der Waals surface area contributed by atoms with E-state index >= 15 is 0 Å². The Morgan fingerprint density at radius 2 is 2.18 bits per heavy atom. The summed E-state index contributed by atoms with van der Waals surface area (Å²) < 4.78 is 0. The first-order valence-corrected chi connectivity index (χ1v) is 5.81. The van der Waals surface area contributed by atoms with Crippen molar-refractivity contribution in [1.82, 2.24) is 15.5 Å². The molecule has 90 valence electrons. The first-order chi connectivity index (χ1) is 8.15.